The first-order valence-electron chi connectivity index (χ1n) is 13.2. The molecule has 2 aliphatic heterocycles. The number of hydrogen-bond donors (Lipinski definition) is 0. The Kier molecular flexibility index (Phi) is 21.0. The summed E-state index contributed by atoms with van der Waals surface area (Å²) >= 11 is 0. The Bertz CT molecular complexity index is 397. The molecule has 0 amide bonds. The third-order valence-electron chi connectivity index (χ3n) is 6.00. The van der Waals surface area contributed by atoms with Gasteiger partial charge >= 0.3 is 6.18 Å². The molecule has 2 fully saturated rings. The number of nitrogens with zero attached hydrogens (tertiary/aromatic N) is 2. The summed E-state index contributed by atoms with van der Waals surface area (Å²) in [5, 5.41) is 0. The molecule has 0 atom stereocenters. The summed E-state index contributed by atoms with van der Waals surface area (Å²) in [6.07, 6.45) is 3.99. The molecule has 0 bridgehead atoms. The second-order valence-electron chi connectivity index (χ2n) is 11.2. The zero-order chi connectivity index (χ0) is 25.9. The van der Waals surface area contributed by atoms with Crippen LogP contribution in [-0.2, 0) is 4.74 Å². The van der Waals surface area contributed by atoms with E-state index in [-0.39, 0.29) is 6.54 Å². The Morgan fingerprint density at radius 3 is 1.48 bits per heavy atom. The Labute approximate surface area is 204 Å². The minimum atomic E-state index is -4.00. The number of methoxy groups -OCH3 is 1. The molecule has 2 heterocycles. The Morgan fingerprint density at radius 1 is 0.788 bits per heavy atom. The number of ether oxygens (including phenoxy) is 1. The first-order valence-corrected chi connectivity index (χ1v) is 13.2. The third kappa shape index (κ3) is 27.8. The zero-order valence-electron chi connectivity index (χ0n) is 23.5. The summed E-state index contributed by atoms with van der Waals surface area (Å²) in [5.74, 6) is 1.66. The smallest absolute Gasteiger partial charge is 0.385 e. The topological polar surface area (TPSA) is 15.7 Å². The van der Waals surface area contributed by atoms with Crippen molar-refractivity contribution in [3.63, 3.8) is 0 Å². The molecule has 2 aliphatic rings. The molecule has 0 N–H and O–H groups in total. The van der Waals surface area contributed by atoms with Gasteiger partial charge in [-0.2, -0.15) is 13.2 Å². The highest BCUT2D eigenvalue weighted by atomic mass is 19.4. The summed E-state index contributed by atoms with van der Waals surface area (Å²) in [7, 11) is 3.91. The quantitative estimate of drug-likeness (QED) is 0.396. The van der Waals surface area contributed by atoms with Crippen LogP contribution in [0.1, 0.15) is 99.8 Å². The van der Waals surface area contributed by atoms with Crippen LogP contribution >= 0.6 is 0 Å². The molecule has 33 heavy (non-hydrogen) atoms. The van der Waals surface area contributed by atoms with E-state index in [1.807, 2.05) is 4.90 Å². The van der Waals surface area contributed by atoms with Crippen molar-refractivity contribution in [2.24, 2.45) is 17.3 Å². The number of piperidine rings is 2. The highest BCUT2D eigenvalue weighted by Crippen LogP contribution is 2.22. The molecule has 3 nitrogen and oxygen atoms in total. The lowest BCUT2D eigenvalue weighted by molar-refractivity contribution is -0.138. The van der Waals surface area contributed by atoms with Crippen molar-refractivity contribution in [1.82, 2.24) is 9.80 Å². The summed E-state index contributed by atoms with van der Waals surface area (Å²) in [6, 6.07) is 0. The maximum absolute atomic E-state index is 11.9. The maximum atomic E-state index is 11.9. The lowest BCUT2D eigenvalue weighted by Crippen LogP contribution is -2.35. The van der Waals surface area contributed by atoms with Crippen molar-refractivity contribution >= 4 is 0 Å². The molecule has 0 aromatic heterocycles. The molecule has 0 saturated carbocycles. The van der Waals surface area contributed by atoms with Gasteiger partial charge in [-0.05, 0) is 89.0 Å². The normalized spacial score (nSPS) is 18.9. The van der Waals surface area contributed by atoms with E-state index in [2.05, 4.69) is 60.4 Å². The Balaban J connectivity index is 0. The van der Waals surface area contributed by atoms with Crippen LogP contribution in [0.2, 0.25) is 0 Å². The molecule has 6 heteroatoms. The van der Waals surface area contributed by atoms with Crippen LogP contribution in [0, 0.1) is 17.3 Å². The van der Waals surface area contributed by atoms with Crippen molar-refractivity contribution in [2.45, 2.75) is 106 Å². The highest BCUT2D eigenvalue weighted by Gasteiger charge is 2.28. The fourth-order valence-corrected chi connectivity index (χ4v) is 3.66. The summed E-state index contributed by atoms with van der Waals surface area (Å²) < 4.78 is 40.3. The summed E-state index contributed by atoms with van der Waals surface area (Å²) in [6.45, 7) is 21.0. The third-order valence-corrected chi connectivity index (χ3v) is 6.00. The number of rotatable bonds is 5. The standard InChI is InChI=1S/C9H16F3N.C7H15N.C7H16.C4H10O/c1-8-2-5-13(6-3-8)7-4-9(10,11)12;1-7-3-5-8(2)6-4-7;1-5-6-7(2,3)4;1-3-4-5-2/h8H,2-7H2,1H3;7H,3-6H2,1-2H3;5-6H2,1-4H3;3-4H2,1-2H3. The van der Waals surface area contributed by atoms with Crippen molar-refractivity contribution in [2.75, 3.05) is 53.5 Å². The van der Waals surface area contributed by atoms with Gasteiger partial charge in [0.2, 0.25) is 0 Å². The minimum Gasteiger partial charge on any atom is -0.385 e. The monoisotopic (exact) mass is 482 g/mol. The van der Waals surface area contributed by atoms with Crippen molar-refractivity contribution in [3.05, 3.63) is 0 Å². The molecule has 2 rings (SSSR count). The van der Waals surface area contributed by atoms with Gasteiger partial charge in [-0.3, -0.25) is 0 Å². The Morgan fingerprint density at radius 2 is 1.24 bits per heavy atom. The van der Waals surface area contributed by atoms with E-state index in [1.165, 1.54) is 38.8 Å². The first kappa shape index (κ1) is 34.8. The SMILES string of the molecule is CC1CCN(C)CC1.CC1CCN(CCC(F)(F)F)CC1.CCCC(C)(C)C.CCCOC. The van der Waals surface area contributed by atoms with Crippen LogP contribution in [0.15, 0.2) is 0 Å². The molecule has 0 spiro atoms. The van der Waals surface area contributed by atoms with E-state index in [9.17, 15) is 13.2 Å². The van der Waals surface area contributed by atoms with E-state index >= 15 is 0 Å². The van der Waals surface area contributed by atoms with Crippen LogP contribution in [0.5, 0.6) is 0 Å². The molecule has 0 aromatic rings. The van der Waals surface area contributed by atoms with E-state index in [0.29, 0.717) is 11.3 Å². The molecule has 0 radical (unpaired) electrons. The number of alkyl halides is 3. The molecule has 0 aromatic carbocycles. The van der Waals surface area contributed by atoms with Crippen LogP contribution < -0.4 is 0 Å². The molecule has 0 aliphatic carbocycles. The number of hydrogen-bond acceptors (Lipinski definition) is 3. The van der Waals surface area contributed by atoms with Gasteiger partial charge in [0.1, 0.15) is 0 Å². The van der Waals surface area contributed by atoms with E-state index in [4.69, 9.17) is 4.74 Å². The van der Waals surface area contributed by atoms with Crippen LogP contribution in [0.4, 0.5) is 13.2 Å². The van der Waals surface area contributed by atoms with Gasteiger partial charge in [0.15, 0.2) is 0 Å². The lowest BCUT2D eigenvalue weighted by Gasteiger charge is -2.30. The molecule has 2 saturated heterocycles. The average molecular weight is 483 g/mol. The van der Waals surface area contributed by atoms with Crippen molar-refractivity contribution in [3.8, 4) is 0 Å². The van der Waals surface area contributed by atoms with Crippen LogP contribution in [0.25, 0.3) is 0 Å². The molecular weight excluding hydrogens is 425 g/mol. The summed E-state index contributed by atoms with van der Waals surface area (Å²) in [4.78, 5) is 4.31. The van der Waals surface area contributed by atoms with E-state index in [1.54, 1.807) is 7.11 Å². The van der Waals surface area contributed by atoms with Gasteiger partial charge in [-0.15, -0.1) is 0 Å². The first-order chi connectivity index (χ1) is 15.2. The van der Waals surface area contributed by atoms with E-state index in [0.717, 1.165) is 44.9 Å². The number of halogens is 3. The fraction of sp³-hybridized carbons (Fsp3) is 1.00. The summed E-state index contributed by atoms with van der Waals surface area (Å²) in [5.41, 5.74) is 0.550. The van der Waals surface area contributed by atoms with Gasteiger partial charge < -0.3 is 14.5 Å². The minimum absolute atomic E-state index is 0.177. The van der Waals surface area contributed by atoms with Gasteiger partial charge in [0.05, 0.1) is 6.42 Å². The lowest BCUT2D eigenvalue weighted by atomic mass is 9.91. The van der Waals surface area contributed by atoms with Gasteiger partial charge in [0, 0.05) is 20.3 Å². The zero-order valence-corrected chi connectivity index (χ0v) is 23.5. The van der Waals surface area contributed by atoms with E-state index < -0.39 is 12.6 Å². The predicted octanol–water partition coefficient (Wildman–Crippen LogP) is 7.89. The molecule has 202 valence electrons. The Hall–Kier alpha value is -0.330. The highest BCUT2D eigenvalue weighted by molar-refractivity contribution is 4.70. The maximum Gasteiger partial charge on any atom is 0.390 e. The van der Waals surface area contributed by atoms with Gasteiger partial charge in [-0.1, -0.05) is 54.9 Å². The van der Waals surface area contributed by atoms with Crippen LogP contribution in [0.3, 0.4) is 0 Å². The molecular formula is C27H57F3N2O. The molecule has 0 unspecified atom stereocenters. The second-order valence-corrected chi connectivity index (χ2v) is 11.2. The number of likely N-dealkylation sites (tertiary alicyclic amines) is 2. The van der Waals surface area contributed by atoms with Crippen molar-refractivity contribution < 1.29 is 17.9 Å². The average Bonchev–Trinajstić information content (AvgIpc) is 2.70. The van der Waals surface area contributed by atoms with Gasteiger partial charge in [-0.25, -0.2) is 0 Å². The second kappa shape index (κ2) is 19.9. The fourth-order valence-electron chi connectivity index (χ4n) is 3.66. The predicted molar refractivity (Wildman–Crippen MR) is 138 cm³/mol. The largest absolute Gasteiger partial charge is 0.390 e. The van der Waals surface area contributed by atoms with Crippen LogP contribution in [-0.4, -0.2) is 69.5 Å². The van der Waals surface area contributed by atoms with Crippen molar-refractivity contribution in [1.29, 1.82) is 0 Å². The van der Waals surface area contributed by atoms with Gasteiger partial charge in [0.25, 0.3) is 0 Å².